The van der Waals surface area contributed by atoms with Crippen LogP contribution in [0.4, 0.5) is 11.5 Å². The molecule has 1 aromatic carbocycles. The number of hydrogen-bond donors (Lipinski definition) is 2. The van der Waals surface area contributed by atoms with Crippen LogP contribution in [-0.2, 0) is 0 Å². The highest BCUT2D eigenvalue weighted by atomic mass is 127. The van der Waals surface area contributed by atoms with Crippen LogP contribution in [0, 0.1) is 3.57 Å². The molecule has 0 unspecified atom stereocenters. The minimum Gasteiger partial charge on any atom is -0.476 e. The first-order valence-electron chi connectivity index (χ1n) is 4.73. The summed E-state index contributed by atoms with van der Waals surface area (Å²) in [7, 11) is 0. The Balaban J connectivity index is 2.21. The molecular weight excluding hydrogens is 333 g/mol. The third kappa shape index (κ3) is 3.13. The van der Waals surface area contributed by atoms with Gasteiger partial charge < -0.3 is 10.4 Å². The van der Waals surface area contributed by atoms with Crippen LogP contribution >= 0.6 is 22.6 Å². The fourth-order valence-corrected chi connectivity index (χ4v) is 1.57. The summed E-state index contributed by atoms with van der Waals surface area (Å²) in [4.78, 5) is 18.4. The molecule has 0 amide bonds. The molecule has 0 aliphatic carbocycles. The zero-order valence-electron chi connectivity index (χ0n) is 8.59. The lowest BCUT2D eigenvalue weighted by atomic mass is 10.3. The first-order valence-corrected chi connectivity index (χ1v) is 5.81. The first kappa shape index (κ1) is 11.8. The normalized spacial score (nSPS) is 9.94. The lowest BCUT2D eigenvalue weighted by molar-refractivity contribution is 0.0690. The molecule has 0 spiro atoms. The molecule has 0 radical (unpaired) electrons. The summed E-state index contributed by atoms with van der Waals surface area (Å²) in [5, 5.41) is 11.8. The van der Waals surface area contributed by atoms with E-state index in [1.165, 1.54) is 12.4 Å². The molecular formula is C11H8IN3O2. The van der Waals surface area contributed by atoms with Crippen molar-refractivity contribution in [2.75, 3.05) is 5.32 Å². The fourth-order valence-electron chi connectivity index (χ4n) is 1.21. The van der Waals surface area contributed by atoms with Crippen molar-refractivity contribution in [3.63, 3.8) is 0 Å². The Hall–Kier alpha value is -1.70. The minimum atomic E-state index is -1.09. The number of rotatable bonds is 3. The molecule has 2 aromatic rings. The molecule has 0 fully saturated rings. The number of carboxylic acids is 1. The Morgan fingerprint density at radius 1 is 1.24 bits per heavy atom. The van der Waals surface area contributed by atoms with E-state index in [2.05, 4.69) is 37.9 Å². The van der Waals surface area contributed by atoms with Gasteiger partial charge in [0.15, 0.2) is 5.69 Å². The number of carbonyl (C=O) groups is 1. The number of anilines is 2. The Morgan fingerprint density at radius 3 is 2.59 bits per heavy atom. The van der Waals surface area contributed by atoms with Crippen molar-refractivity contribution in [1.29, 1.82) is 0 Å². The van der Waals surface area contributed by atoms with Gasteiger partial charge in [-0.3, -0.25) is 4.98 Å². The topological polar surface area (TPSA) is 75.1 Å². The number of benzene rings is 1. The molecule has 6 heteroatoms. The van der Waals surface area contributed by atoms with Crippen LogP contribution in [0.3, 0.4) is 0 Å². The van der Waals surface area contributed by atoms with Crippen molar-refractivity contribution in [2.45, 2.75) is 0 Å². The Kier molecular flexibility index (Phi) is 3.52. The van der Waals surface area contributed by atoms with Gasteiger partial charge in [-0.15, -0.1) is 0 Å². The lowest BCUT2D eigenvalue weighted by Gasteiger charge is -2.05. The number of carboxylic acid groups (broad SMARTS) is 1. The van der Waals surface area contributed by atoms with Gasteiger partial charge in [-0.2, -0.15) is 0 Å². The summed E-state index contributed by atoms with van der Waals surface area (Å²) >= 11 is 2.21. The second-order valence-corrected chi connectivity index (χ2v) is 4.47. The summed E-state index contributed by atoms with van der Waals surface area (Å²) in [5.41, 5.74) is 0.753. The standard InChI is InChI=1S/C11H8IN3O2/c12-7-1-3-8(4-2-7)14-10-6-13-5-9(15-10)11(16)17/h1-6H,(H,14,15)(H,16,17). The average Bonchev–Trinajstić information content (AvgIpc) is 2.32. The van der Waals surface area contributed by atoms with E-state index in [0.29, 0.717) is 5.82 Å². The van der Waals surface area contributed by atoms with Crippen molar-refractivity contribution in [2.24, 2.45) is 0 Å². The first-order chi connectivity index (χ1) is 8.15. The minimum absolute atomic E-state index is 0.0829. The number of hydrogen-bond acceptors (Lipinski definition) is 4. The Bertz CT molecular complexity index is 543. The third-order valence-corrected chi connectivity index (χ3v) is 2.69. The number of halogens is 1. The van der Waals surface area contributed by atoms with Crippen LogP contribution in [0.25, 0.3) is 0 Å². The quantitative estimate of drug-likeness (QED) is 0.840. The number of nitrogens with one attached hydrogen (secondary N) is 1. The van der Waals surface area contributed by atoms with Crippen LogP contribution < -0.4 is 5.32 Å². The lowest BCUT2D eigenvalue weighted by Crippen LogP contribution is -2.03. The van der Waals surface area contributed by atoms with Crippen molar-refractivity contribution in [3.05, 3.63) is 45.9 Å². The van der Waals surface area contributed by atoms with Gasteiger partial charge in [0.2, 0.25) is 0 Å². The van der Waals surface area contributed by atoms with Gasteiger partial charge in [0.25, 0.3) is 0 Å². The predicted molar refractivity (Wildman–Crippen MR) is 71.4 cm³/mol. The zero-order valence-corrected chi connectivity index (χ0v) is 10.7. The van der Waals surface area contributed by atoms with E-state index < -0.39 is 5.97 Å². The largest absolute Gasteiger partial charge is 0.476 e. The van der Waals surface area contributed by atoms with Gasteiger partial charge >= 0.3 is 5.97 Å². The molecule has 0 aliphatic rings. The maximum Gasteiger partial charge on any atom is 0.356 e. The van der Waals surface area contributed by atoms with E-state index in [1.54, 1.807) is 0 Å². The van der Waals surface area contributed by atoms with Crippen LogP contribution in [0.15, 0.2) is 36.7 Å². The van der Waals surface area contributed by atoms with E-state index >= 15 is 0 Å². The van der Waals surface area contributed by atoms with E-state index in [4.69, 9.17) is 5.11 Å². The molecule has 2 rings (SSSR count). The van der Waals surface area contributed by atoms with Gasteiger partial charge in [0.1, 0.15) is 5.82 Å². The molecule has 0 saturated heterocycles. The van der Waals surface area contributed by atoms with Crippen LogP contribution in [0.1, 0.15) is 10.5 Å². The van der Waals surface area contributed by atoms with E-state index in [1.807, 2.05) is 24.3 Å². The maximum absolute atomic E-state index is 10.7. The zero-order chi connectivity index (χ0) is 12.3. The molecule has 2 N–H and O–H groups in total. The van der Waals surface area contributed by atoms with Crippen molar-refractivity contribution in [3.8, 4) is 0 Å². The van der Waals surface area contributed by atoms with E-state index in [0.717, 1.165) is 9.26 Å². The molecule has 1 aromatic heterocycles. The molecule has 86 valence electrons. The van der Waals surface area contributed by atoms with Crippen LogP contribution in [-0.4, -0.2) is 21.0 Å². The van der Waals surface area contributed by atoms with Crippen molar-refractivity contribution in [1.82, 2.24) is 9.97 Å². The summed E-state index contributed by atoms with van der Waals surface area (Å²) in [6.45, 7) is 0. The second kappa shape index (κ2) is 5.09. The maximum atomic E-state index is 10.7. The van der Waals surface area contributed by atoms with E-state index in [9.17, 15) is 4.79 Å². The van der Waals surface area contributed by atoms with Crippen LogP contribution in [0.2, 0.25) is 0 Å². The number of aromatic carboxylic acids is 1. The molecule has 5 nitrogen and oxygen atoms in total. The summed E-state index contributed by atoms with van der Waals surface area (Å²) in [6, 6.07) is 7.66. The molecule has 0 aliphatic heterocycles. The van der Waals surface area contributed by atoms with Crippen molar-refractivity contribution >= 4 is 40.1 Å². The predicted octanol–water partition coefficient (Wildman–Crippen LogP) is 2.52. The molecule has 1 heterocycles. The number of aromatic nitrogens is 2. The Morgan fingerprint density at radius 2 is 1.94 bits per heavy atom. The monoisotopic (exact) mass is 341 g/mol. The highest BCUT2D eigenvalue weighted by molar-refractivity contribution is 14.1. The molecule has 0 atom stereocenters. The summed E-state index contributed by atoms with van der Waals surface area (Å²) in [5.74, 6) is -0.685. The average molecular weight is 341 g/mol. The van der Waals surface area contributed by atoms with E-state index in [-0.39, 0.29) is 5.69 Å². The highest BCUT2D eigenvalue weighted by Crippen LogP contribution is 2.15. The summed E-state index contributed by atoms with van der Waals surface area (Å²) in [6.07, 6.45) is 2.69. The van der Waals surface area contributed by atoms with Crippen molar-refractivity contribution < 1.29 is 9.90 Å². The van der Waals surface area contributed by atoms with Gasteiger partial charge in [-0.25, -0.2) is 9.78 Å². The molecule has 0 saturated carbocycles. The SMILES string of the molecule is O=C(O)c1cncc(Nc2ccc(I)cc2)n1. The fraction of sp³-hybridized carbons (Fsp3) is 0. The van der Waals surface area contributed by atoms with Gasteiger partial charge in [0.05, 0.1) is 12.4 Å². The summed E-state index contributed by atoms with van der Waals surface area (Å²) < 4.78 is 1.12. The second-order valence-electron chi connectivity index (χ2n) is 3.23. The smallest absolute Gasteiger partial charge is 0.356 e. The Labute approximate surface area is 111 Å². The molecule has 17 heavy (non-hydrogen) atoms. The van der Waals surface area contributed by atoms with Crippen LogP contribution in [0.5, 0.6) is 0 Å². The highest BCUT2D eigenvalue weighted by Gasteiger charge is 2.05. The third-order valence-electron chi connectivity index (χ3n) is 1.97. The molecule has 0 bridgehead atoms. The van der Waals surface area contributed by atoms with Gasteiger partial charge in [-0.05, 0) is 46.9 Å². The van der Waals surface area contributed by atoms with Gasteiger partial charge in [-0.1, -0.05) is 0 Å². The number of nitrogens with zero attached hydrogens (tertiary/aromatic N) is 2. The van der Waals surface area contributed by atoms with Gasteiger partial charge in [0, 0.05) is 9.26 Å².